The largest absolute Gasteiger partial charge is 0.383 e. The number of alkyl halides is 1. The van der Waals surface area contributed by atoms with Crippen molar-refractivity contribution in [2.75, 3.05) is 19.0 Å². The van der Waals surface area contributed by atoms with Gasteiger partial charge in [-0.3, -0.25) is 0 Å². The fourth-order valence-electron chi connectivity index (χ4n) is 2.02. The molecular formula is C10H20BrNO3S. The van der Waals surface area contributed by atoms with Crippen LogP contribution in [0.3, 0.4) is 0 Å². The summed E-state index contributed by atoms with van der Waals surface area (Å²) in [5.41, 5.74) is 0. The lowest BCUT2D eigenvalue weighted by atomic mass is 10.0. The lowest BCUT2D eigenvalue weighted by Gasteiger charge is -2.24. The summed E-state index contributed by atoms with van der Waals surface area (Å²) in [6.45, 7) is 0.400. The smallest absolute Gasteiger partial charge is 0.214 e. The van der Waals surface area contributed by atoms with Crippen molar-refractivity contribution in [2.24, 2.45) is 0 Å². The number of rotatable bonds is 6. The van der Waals surface area contributed by atoms with Crippen LogP contribution in [0.1, 0.15) is 32.1 Å². The van der Waals surface area contributed by atoms with Crippen LogP contribution in [0.4, 0.5) is 0 Å². The Morgan fingerprint density at radius 2 is 2.00 bits per heavy atom. The number of sulfonamides is 1. The van der Waals surface area contributed by atoms with Gasteiger partial charge < -0.3 is 4.74 Å². The van der Waals surface area contributed by atoms with Crippen LogP contribution in [-0.2, 0) is 14.8 Å². The Balaban J connectivity index is 2.54. The SMILES string of the molecule is COCC(CBr)NS(=O)(=O)C1CCCCC1. The maximum Gasteiger partial charge on any atom is 0.214 e. The molecule has 0 aromatic carbocycles. The maximum absolute atomic E-state index is 12.0. The van der Waals surface area contributed by atoms with Crippen LogP contribution < -0.4 is 4.72 Å². The van der Waals surface area contributed by atoms with Crippen molar-refractivity contribution in [2.45, 2.75) is 43.4 Å². The normalized spacial score (nSPS) is 20.9. The van der Waals surface area contributed by atoms with Crippen molar-refractivity contribution in [3.63, 3.8) is 0 Å². The Kier molecular flexibility index (Phi) is 6.25. The highest BCUT2D eigenvalue weighted by atomic mass is 79.9. The average Bonchev–Trinajstić information content (AvgIpc) is 2.29. The highest BCUT2D eigenvalue weighted by Crippen LogP contribution is 2.23. The molecule has 0 aromatic rings. The van der Waals surface area contributed by atoms with Gasteiger partial charge in [0, 0.05) is 12.4 Å². The Bertz CT molecular complexity index is 288. The van der Waals surface area contributed by atoms with Crippen LogP contribution in [0.25, 0.3) is 0 Å². The third-order valence-electron chi connectivity index (χ3n) is 2.88. The van der Waals surface area contributed by atoms with Crippen molar-refractivity contribution in [3.05, 3.63) is 0 Å². The third-order valence-corrected chi connectivity index (χ3v) is 5.67. The Labute approximate surface area is 106 Å². The summed E-state index contributed by atoms with van der Waals surface area (Å²) in [5, 5.41) is 0.368. The molecule has 0 aliphatic heterocycles. The molecule has 6 heteroatoms. The predicted octanol–water partition coefficient (Wildman–Crippen LogP) is 1.65. The van der Waals surface area contributed by atoms with Gasteiger partial charge >= 0.3 is 0 Å². The van der Waals surface area contributed by atoms with E-state index in [1.807, 2.05) is 0 Å². The van der Waals surface area contributed by atoms with E-state index < -0.39 is 10.0 Å². The second-order valence-electron chi connectivity index (χ2n) is 4.23. The van der Waals surface area contributed by atoms with E-state index in [2.05, 4.69) is 20.7 Å². The van der Waals surface area contributed by atoms with Crippen LogP contribution in [0.2, 0.25) is 0 Å². The first-order valence-corrected chi connectivity index (χ1v) is 8.33. The fraction of sp³-hybridized carbons (Fsp3) is 1.00. The van der Waals surface area contributed by atoms with Crippen molar-refractivity contribution >= 4 is 26.0 Å². The van der Waals surface area contributed by atoms with E-state index in [0.29, 0.717) is 11.9 Å². The number of nitrogens with one attached hydrogen (secondary N) is 1. The van der Waals surface area contributed by atoms with Crippen LogP contribution in [0.15, 0.2) is 0 Å². The minimum absolute atomic E-state index is 0.170. The highest BCUT2D eigenvalue weighted by molar-refractivity contribution is 9.09. The van der Waals surface area contributed by atoms with Crippen LogP contribution in [0, 0.1) is 0 Å². The first-order valence-electron chi connectivity index (χ1n) is 5.66. The first kappa shape index (κ1) is 14.4. The van der Waals surface area contributed by atoms with Gasteiger partial charge in [-0.25, -0.2) is 13.1 Å². The maximum atomic E-state index is 12.0. The topological polar surface area (TPSA) is 55.4 Å². The standard InChI is InChI=1S/C10H20BrNO3S/c1-15-8-9(7-11)12-16(13,14)10-5-3-2-4-6-10/h9-10,12H,2-8H2,1H3. The Morgan fingerprint density at radius 1 is 1.38 bits per heavy atom. The molecule has 1 aliphatic carbocycles. The number of hydrogen-bond acceptors (Lipinski definition) is 3. The van der Waals surface area contributed by atoms with E-state index >= 15 is 0 Å². The second kappa shape index (κ2) is 6.93. The summed E-state index contributed by atoms with van der Waals surface area (Å²) in [7, 11) is -1.60. The number of halogens is 1. The first-order chi connectivity index (χ1) is 7.60. The molecule has 1 rings (SSSR count). The molecule has 96 valence electrons. The Morgan fingerprint density at radius 3 is 2.50 bits per heavy atom. The van der Waals surface area contributed by atoms with E-state index in [4.69, 9.17) is 4.74 Å². The van der Waals surface area contributed by atoms with Crippen LogP contribution in [-0.4, -0.2) is 38.8 Å². The summed E-state index contributed by atoms with van der Waals surface area (Å²) in [4.78, 5) is 0. The minimum Gasteiger partial charge on any atom is -0.383 e. The summed E-state index contributed by atoms with van der Waals surface area (Å²) < 4.78 is 31.8. The van der Waals surface area contributed by atoms with Gasteiger partial charge in [0.25, 0.3) is 0 Å². The van der Waals surface area contributed by atoms with Crippen LogP contribution >= 0.6 is 15.9 Å². The molecule has 0 spiro atoms. The predicted molar refractivity (Wildman–Crippen MR) is 68.4 cm³/mol. The van der Waals surface area contributed by atoms with Gasteiger partial charge in [0.05, 0.1) is 17.9 Å². The molecule has 1 unspecified atom stereocenters. The molecule has 0 radical (unpaired) electrons. The fourth-order valence-corrected chi connectivity index (χ4v) is 4.34. The average molecular weight is 314 g/mol. The Hall–Kier alpha value is 0.350. The lowest BCUT2D eigenvalue weighted by molar-refractivity contribution is 0.181. The molecule has 0 bridgehead atoms. The minimum atomic E-state index is -3.18. The molecule has 0 amide bonds. The van der Waals surface area contributed by atoms with Gasteiger partial charge in [-0.1, -0.05) is 35.2 Å². The molecule has 0 aromatic heterocycles. The summed E-state index contributed by atoms with van der Waals surface area (Å²) in [6, 6.07) is -0.170. The third kappa shape index (κ3) is 4.31. The molecular weight excluding hydrogens is 294 g/mol. The second-order valence-corrected chi connectivity index (χ2v) is 6.87. The van der Waals surface area contributed by atoms with E-state index in [1.165, 1.54) is 0 Å². The zero-order valence-corrected chi connectivity index (χ0v) is 12.0. The molecule has 1 saturated carbocycles. The quantitative estimate of drug-likeness (QED) is 0.759. The lowest BCUT2D eigenvalue weighted by Crippen LogP contribution is -2.44. The summed E-state index contributed by atoms with van der Waals surface area (Å²) in [5.74, 6) is 0. The molecule has 1 fully saturated rings. The van der Waals surface area contributed by atoms with Gasteiger partial charge in [0.2, 0.25) is 10.0 Å². The molecule has 0 saturated heterocycles. The monoisotopic (exact) mass is 313 g/mol. The molecule has 16 heavy (non-hydrogen) atoms. The van der Waals surface area contributed by atoms with Crippen molar-refractivity contribution in [1.29, 1.82) is 0 Å². The van der Waals surface area contributed by atoms with Gasteiger partial charge in [-0.05, 0) is 12.8 Å². The van der Waals surface area contributed by atoms with Gasteiger partial charge in [0.1, 0.15) is 0 Å². The van der Waals surface area contributed by atoms with E-state index in [1.54, 1.807) is 7.11 Å². The summed E-state index contributed by atoms with van der Waals surface area (Å²) in [6.07, 6.45) is 4.78. The van der Waals surface area contributed by atoms with Gasteiger partial charge in [-0.15, -0.1) is 0 Å². The molecule has 1 N–H and O–H groups in total. The molecule has 1 atom stereocenters. The van der Waals surface area contributed by atoms with Crippen molar-refractivity contribution in [3.8, 4) is 0 Å². The van der Waals surface area contributed by atoms with Gasteiger partial charge in [-0.2, -0.15) is 0 Å². The summed E-state index contributed by atoms with van der Waals surface area (Å²) >= 11 is 3.29. The number of methoxy groups -OCH3 is 1. The number of ether oxygens (including phenoxy) is 1. The van der Waals surface area contributed by atoms with Gasteiger partial charge in [0.15, 0.2) is 0 Å². The van der Waals surface area contributed by atoms with E-state index in [0.717, 1.165) is 32.1 Å². The van der Waals surface area contributed by atoms with Crippen LogP contribution in [0.5, 0.6) is 0 Å². The molecule has 0 heterocycles. The van der Waals surface area contributed by atoms with E-state index in [-0.39, 0.29) is 11.3 Å². The highest BCUT2D eigenvalue weighted by Gasteiger charge is 2.28. The number of hydrogen-bond donors (Lipinski definition) is 1. The molecule has 1 aliphatic rings. The van der Waals surface area contributed by atoms with Crippen molar-refractivity contribution < 1.29 is 13.2 Å². The zero-order chi connectivity index (χ0) is 12.0. The molecule has 4 nitrogen and oxygen atoms in total. The zero-order valence-electron chi connectivity index (χ0n) is 9.62. The van der Waals surface area contributed by atoms with E-state index in [9.17, 15) is 8.42 Å². The van der Waals surface area contributed by atoms with Crippen molar-refractivity contribution in [1.82, 2.24) is 4.72 Å².